The highest BCUT2D eigenvalue weighted by Gasteiger charge is 2.16. The van der Waals surface area contributed by atoms with Crippen molar-refractivity contribution < 1.29 is 4.39 Å². The minimum atomic E-state index is -0.372. The Morgan fingerprint density at radius 2 is 1.77 bits per heavy atom. The summed E-state index contributed by atoms with van der Waals surface area (Å²) in [4.78, 5) is 17.9. The van der Waals surface area contributed by atoms with E-state index in [2.05, 4.69) is 19.9 Å². The molecule has 0 saturated heterocycles. The Balaban J connectivity index is 2.32. The number of benzene rings is 1. The molecule has 0 aliphatic rings. The fourth-order valence-electron chi connectivity index (χ4n) is 2.09. The average molecular weight is 335 g/mol. The maximum Gasteiger partial charge on any atom is 0.225 e. The molecule has 0 saturated carbocycles. The Kier molecular flexibility index (Phi) is 3.97. The highest BCUT2D eigenvalue weighted by atomic mass is 35.5. The van der Waals surface area contributed by atoms with Crippen molar-refractivity contribution in [3.05, 3.63) is 40.7 Å². The maximum atomic E-state index is 14.4. The van der Waals surface area contributed by atoms with E-state index in [9.17, 15) is 4.39 Å². The molecule has 3 aromatic rings. The largest absolute Gasteiger partial charge is 0.246 e. The van der Waals surface area contributed by atoms with Crippen LogP contribution in [0.25, 0.3) is 22.4 Å². The van der Waals surface area contributed by atoms with Crippen molar-refractivity contribution in [2.24, 2.45) is 0 Å². The van der Waals surface area contributed by atoms with Crippen LogP contribution in [-0.4, -0.2) is 26.2 Å². The van der Waals surface area contributed by atoms with Crippen molar-refractivity contribution in [1.29, 1.82) is 0 Å². The van der Waals surface area contributed by atoms with Gasteiger partial charge < -0.3 is 0 Å². The van der Waals surface area contributed by atoms with Crippen LogP contribution in [0.4, 0.5) is 4.39 Å². The molecule has 0 unspecified atom stereocenters. The van der Waals surface area contributed by atoms with Gasteiger partial charge in [-0.3, -0.25) is 0 Å². The van der Waals surface area contributed by atoms with Crippen LogP contribution >= 0.6 is 23.4 Å². The predicted molar refractivity (Wildman–Crippen MR) is 86.8 cm³/mol. The second-order valence-corrected chi connectivity index (χ2v) is 5.97. The summed E-state index contributed by atoms with van der Waals surface area (Å²) in [6.45, 7) is 3.68. The van der Waals surface area contributed by atoms with Gasteiger partial charge in [-0.05, 0) is 49.9 Å². The topological polar surface area (TPSA) is 51.6 Å². The van der Waals surface area contributed by atoms with Gasteiger partial charge in [-0.1, -0.05) is 0 Å². The van der Waals surface area contributed by atoms with E-state index >= 15 is 0 Å². The van der Waals surface area contributed by atoms with Gasteiger partial charge in [-0.2, -0.15) is 4.98 Å². The fourth-order valence-corrected chi connectivity index (χ4v) is 2.68. The Morgan fingerprint density at radius 1 is 1.05 bits per heavy atom. The molecule has 112 valence electrons. The first-order valence-electron chi connectivity index (χ1n) is 6.52. The molecule has 0 aliphatic heterocycles. The van der Waals surface area contributed by atoms with Crippen LogP contribution in [-0.2, 0) is 0 Å². The molecule has 0 spiro atoms. The molecular weight excluding hydrogens is 323 g/mol. The van der Waals surface area contributed by atoms with Gasteiger partial charge >= 0.3 is 0 Å². The Bertz CT molecular complexity index is 885. The first kappa shape index (κ1) is 15.1. The minimum absolute atomic E-state index is 0.0217. The number of hydrogen-bond donors (Lipinski definition) is 0. The summed E-state index contributed by atoms with van der Waals surface area (Å²) in [5.41, 5.74) is 3.02. The second-order valence-electron chi connectivity index (χ2n) is 4.75. The molecule has 0 radical (unpaired) electrons. The number of hydrogen-bond acceptors (Lipinski definition) is 5. The quantitative estimate of drug-likeness (QED) is 0.519. The summed E-state index contributed by atoms with van der Waals surface area (Å²) in [5.74, 6) is -0.372. The number of halogens is 2. The van der Waals surface area contributed by atoms with Gasteiger partial charge in [-0.25, -0.2) is 19.3 Å². The Labute approximate surface area is 136 Å². The molecule has 2 aromatic heterocycles. The lowest BCUT2D eigenvalue weighted by molar-refractivity contribution is 0.627. The summed E-state index contributed by atoms with van der Waals surface area (Å²) >= 11 is 7.43. The zero-order valence-corrected chi connectivity index (χ0v) is 13.8. The molecule has 22 heavy (non-hydrogen) atoms. The van der Waals surface area contributed by atoms with E-state index in [1.54, 1.807) is 6.07 Å². The maximum absolute atomic E-state index is 14.4. The number of aryl methyl sites for hydroxylation is 2. The minimum Gasteiger partial charge on any atom is -0.246 e. The normalized spacial score (nSPS) is 11.1. The average Bonchev–Trinajstić information content (AvgIpc) is 2.48. The van der Waals surface area contributed by atoms with Gasteiger partial charge in [0.2, 0.25) is 5.28 Å². The van der Waals surface area contributed by atoms with Crippen LogP contribution in [0.15, 0.2) is 23.1 Å². The second kappa shape index (κ2) is 5.78. The summed E-state index contributed by atoms with van der Waals surface area (Å²) < 4.78 is 14.4. The first-order chi connectivity index (χ1) is 10.5. The summed E-state index contributed by atoms with van der Waals surface area (Å²) in [6.07, 6.45) is 1.89. The molecule has 0 aliphatic carbocycles. The highest BCUT2D eigenvalue weighted by molar-refractivity contribution is 7.98. The Hall–Kier alpha value is -1.79. The molecule has 1 aromatic carbocycles. The summed E-state index contributed by atoms with van der Waals surface area (Å²) in [5, 5.41) is 0.0217. The third-order valence-electron chi connectivity index (χ3n) is 3.35. The van der Waals surface area contributed by atoms with Gasteiger partial charge in [0.05, 0.1) is 11.4 Å². The molecule has 0 amide bonds. The molecule has 3 rings (SSSR count). The Morgan fingerprint density at radius 3 is 2.45 bits per heavy atom. The molecule has 0 bridgehead atoms. The summed E-state index contributed by atoms with van der Waals surface area (Å²) in [6, 6.07) is 4.98. The molecule has 0 N–H and O–H groups in total. The number of rotatable bonds is 2. The molecular formula is C15H12ClFN4S. The molecule has 0 atom stereocenters. The smallest absolute Gasteiger partial charge is 0.225 e. The van der Waals surface area contributed by atoms with Gasteiger partial charge in [0.1, 0.15) is 17.0 Å². The number of nitrogens with zero attached hydrogens (tertiary/aromatic N) is 4. The van der Waals surface area contributed by atoms with Crippen molar-refractivity contribution in [2.75, 3.05) is 6.26 Å². The summed E-state index contributed by atoms with van der Waals surface area (Å²) in [7, 11) is 0. The van der Waals surface area contributed by atoms with Crippen molar-refractivity contribution in [3.63, 3.8) is 0 Å². The highest BCUT2D eigenvalue weighted by Crippen LogP contribution is 2.30. The third-order valence-corrected chi connectivity index (χ3v) is 4.24. The number of fused-ring (bicyclic) bond motifs is 1. The van der Waals surface area contributed by atoms with E-state index < -0.39 is 0 Å². The molecule has 4 nitrogen and oxygen atoms in total. The van der Waals surface area contributed by atoms with Crippen LogP contribution in [0.3, 0.4) is 0 Å². The molecule has 0 fully saturated rings. The van der Waals surface area contributed by atoms with E-state index in [-0.39, 0.29) is 11.1 Å². The number of aromatic nitrogens is 4. The van der Waals surface area contributed by atoms with Crippen LogP contribution in [0.5, 0.6) is 0 Å². The number of thioether (sulfide) groups is 1. The van der Waals surface area contributed by atoms with E-state index in [0.29, 0.717) is 22.4 Å². The fraction of sp³-hybridized carbons (Fsp3) is 0.200. The van der Waals surface area contributed by atoms with Gasteiger partial charge in [0, 0.05) is 10.5 Å². The monoisotopic (exact) mass is 334 g/mol. The van der Waals surface area contributed by atoms with Crippen molar-refractivity contribution in [3.8, 4) is 11.3 Å². The van der Waals surface area contributed by atoms with E-state index in [1.807, 2.05) is 26.2 Å². The van der Waals surface area contributed by atoms with Crippen LogP contribution in [0.2, 0.25) is 5.28 Å². The lowest BCUT2D eigenvalue weighted by atomic mass is 10.1. The zero-order valence-electron chi connectivity index (χ0n) is 12.2. The standard InChI is InChI=1S/C15H12ClFN4S/c1-7-8(2)19-14-13(18-7)12(20-15(16)21-14)10-5-4-9(22-3)6-11(10)17/h4-6H,1-3H3. The van der Waals surface area contributed by atoms with Crippen LogP contribution < -0.4 is 0 Å². The third kappa shape index (κ3) is 2.64. The van der Waals surface area contributed by atoms with Crippen molar-refractivity contribution >= 4 is 34.5 Å². The van der Waals surface area contributed by atoms with E-state index in [1.165, 1.54) is 17.8 Å². The lowest BCUT2D eigenvalue weighted by Crippen LogP contribution is -2.01. The van der Waals surface area contributed by atoms with E-state index in [0.717, 1.165) is 16.3 Å². The van der Waals surface area contributed by atoms with Gasteiger partial charge in [0.15, 0.2) is 5.65 Å². The first-order valence-corrected chi connectivity index (χ1v) is 8.12. The molecule has 7 heteroatoms. The van der Waals surface area contributed by atoms with Crippen molar-refractivity contribution in [1.82, 2.24) is 19.9 Å². The van der Waals surface area contributed by atoms with Crippen LogP contribution in [0, 0.1) is 19.7 Å². The van der Waals surface area contributed by atoms with Gasteiger partial charge in [0.25, 0.3) is 0 Å². The van der Waals surface area contributed by atoms with Gasteiger partial charge in [-0.15, -0.1) is 11.8 Å². The molecule has 2 heterocycles. The SMILES string of the molecule is CSc1ccc(-c2nc(Cl)nc3nc(C)c(C)nc23)c(F)c1. The zero-order chi connectivity index (χ0) is 15.9. The van der Waals surface area contributed by atoms with Crippen LogP contribution in [0.1, 0.15) is 11.4 Å². The van der Waals surface area contributed by atoms with Crippen molar-refractivity contribution in [2.45, 2.75) is 18.7 Å². The lowest BCUT2D eigenvalue weighted by Gasteiger charge is -2.09. The predicted octanol–water partition coefficient (Wildman–Crippen LogP) is 4.22. The van der Waals surface area contributed by atoms with E-state index in [4.69, 9.17) is 11.6 Å².